The monoisotopic (exact) mass is 369 g/mol. The van der Waals surface area contributed by atoms with Gasteiger partial charge >= 0.3 is 0 Å². The summed E-state index contributed by atoms with van der Waals surface area (Å²) < 4.78 is 14.9. The van der Waals surface area contributed by atoms with Crippen molar-refractivity contribution >= 4 is 27.5 Å². The van der Waals surface area contributed by atoms with Gasteiger partial charge in [-0.1, -0.05) is 52.7 Å². The Morgan fingerprint density at radius 1 is 1.24 bits per heavy atom. The molecule has 1 nitrogen and oxygen atoms in total. The molecule has 0 heterocycles. The average molecular weight is 371 g/mol. The molecular weight excluding hydrogens is 353 g/mol. The standard InChI is InChI=1S/C17H18BrClFN/c1-2-9-21-17(10-12-5-3-4-6-16(12)20)14-11-13(18)7-8-15(14)19/h3-8,11,17,21H,2,9-10H2,1H3. The van der Waals surface area contributed by atoms with Gasteiger partial charge in [0.15, 0.2) is 0 Å². The largest absolute Gasteiger partial charge is 0.310 e. The van der Waals surface area contributed by atoms with Crippen molar-refractivity contribution in [3.8, 4) is 0 Å². The normalized spacial score (nSPS) is 12.4. The number of halogens is 3. The van der Waals surface area contributed by atoms with E-state index in [2.05, 4.69) is 28.2 Å². The van der Waals surface area contributed by atoms with Crippen molar-refractivity contribution in [1.29, 1.82) is 0 Å². The van der Waals surface area contributed by atoms with E-state index in [9.17, 15) is 4.39 Å². The van der Waals surface area contributed by atoms with Crippen LogP contribution in [0.3, 0.4) is 0 Å². The lowest BCUT2D eigenvalue weighted by Crippen LogP contribution is -2.24. The highest BCUT2D eigenvalue weighted by Gasteiger charge is 2.17. The van der Waals surface area contributed by atoms with E-state index in [0.717, 1.165) is 23.0 Å². The van der Waals surface area contributed by atoms with Gasteiger partial charge in [-0.25, -0.2) is 4.39 Å². The molecule has 0 saturated carbocycles. The van der Waals surface area contributed by atoms with E-state index in [-0.39, 0.29) is 11.9 Å². The first-order chi connectivity index (χ1) is 10.1. The summed E-state index contributed by atoms with van der Waals surface area (Å²) in [6, 6.07) is 12.6. The van der Waals surface area contributed by atoms with Crippen LogP contribution in [0.1, 0.15) is 30.5 Å². The fourth-order valence-electron chi connectivity index (χ4n) is 2.28. The minimum absolute atomic E-state index is 0.00755. The molecule has 0 aliphatic heterocycles. The molecule has 0 aromatic heterocycles. The van der Waals surface area contributed by atoms with E-state index in [1.54, 1.807) is 6.07 Å². The molecule has 0 amide bonds. The molecule has 112 valence electrons. The lowest BCUT2D eigenvalue weighted by molar-refractivity contribution is 0.513. The van der Waals surface area contributed by atoms with Gasteiger partial charge in [-0.2, -0.15) is 0 Å². The van der Waals surface area contributed by atoms with Crippen molar-refractivity contribution in [2.45, 2.75) is 25.8 Å². The van der Waals surface area contributed by atoms with Gasteiger partial charge in [-0.05, 0) is 54.8 Å². The van der Waals surface area contributed by atoms with E-state index in [1.165, 1.54) is 6.07 Å². The third-order valence-corrected chi connectivity index (χ3v) is 4.19. The Kier molecular flexibility index (Phi) is 6.22. The number of rotatable bonds is 6. The second-order valence-corrected chi connectivity index (χ2v) is 6.29. The Labute approximate surface area is 138 Å². The van der Waals surface area contributed by atoms with Gasteiger partial charge in [-0.3, -0.25) is 0 Å². The molecule has 21 heavy (non-hydrogen) atoms. The minimum atomic E-state index is -0.174. The van der Waals surface area contributed by atoms with Crippen LogP contribution in [0.4, 0.5) is 4.39 Å². The summed E-state index contributed by atoms with van der Waals surface area (Å²) in [4.78, 5) is 0. The smallest absolute Gasteiger partial charge is 0.126 e. The van der Waals surface area contributed by atoms with Crippen molar-refractivity contribution in [3.63, 3.8) is 0 Å². The Balaban J connectivity index is 2.30. The zero-order valence-corrected chi connectivity index (χ0v) is 14.2. The molecular formula is C17H18BrClFN. The van der Waals surface area contributed by atoms with Crippen LogP contribution in [0.15, 0.2) is 46.9 Å². The Morgan fingerprint density at radius 2 is 2.00 bits per heavy atom. The molecule has 1 atom stereocenters. The quantitative estimate of drug-likeness (QED) is 0.705. The fourth-order valence-corrected chi connectivity index (χ4v) is 2.90. The maximum atomic E-state index is 13.9. The third-order valence-electron chi connectivity index (χ3n) is 3.36. The van der Waals surface area contributed by atoms with E-state index >= 15 is 0 Å². The molecule has 0 aliphatic rings. The van der Waals surface area contributed by atoms with Crippen LogP contribution in [-0.4, -0.2) is 6.54 Å². The zero-order valence-electron chi connectivity index (χ0n) is 11.9. The molecule has 0 radical (unpaired) electrons. The van der Waals surface area contributed by atoms with Crippen molar-refractivity contribution < 1.29 is 4.39 Å². The van der Waals surface area contributed by atoms with Crippen molar-refractivity contribution in [3.05, 3.63) is 68.9 Å². The topological polar surface area (TPSA) is 12.0 Å². The van der Waals surface area contributed by atoms with Crippen LogP contribution in [0.25, 0.3) is 0 Å². The Morgan fingerprint density at radius 3 is 2.71 bits per heavy atom. The van der Waals surface area contributed by atoms with Gasteiger partial charge in [0.2, 0.25) is 0 Å². The van der Waals surface area contributed by atoms with Crippen LogP contribution in [0, 0.1) is 5.82 Å². The maximum Gasteiger partial charge on any atom is 0.126 e. The first-order valence-electron chi connectivity index (χ1n) is 7.03. The maximum absolute atomic E-state index is 13.9. The Hall–Kier alpha value is -0.900. The molecule has 2 rings (SSSR count). The molecule has 0 spiro atoms. The van der Waals surface area contributed by atoms with E-state index < -0.39 is 0 Å². The molecule has 0 fully saturated rings. The molecule has 1 N–H and O–H groups in total. The van der Waals surface area contributed by atoms with Crippen molar-refractivity contribution in [1.82, 2.24) is 5.32 Å². The van der Waals surface area contributed by atoms with Crippen molar-refractivity contribution in [2.75, 3.05) is 6.54 Å². The van der Waals surface area contributed by atoms with Gasteiger partial charge in [0.05, 0.1) is 0 Å². The van der Waals surface area contributed by atoms with E-state index in [1.807, 2.05) is 30.3 Å². The SMILES string of the molecule is CCCNC(Cc1ccccc1F)c1cc(Br)ccc1Cl. The third kappa shape index (κ3) is 4.53. The number of hydrogen-bond acceptors (Lipinski definition) is 1. The summed E-state index contributed by atoms with van der Waals surface area (Å²) in [6.45, 7) is 2.97. The summed E-state index contributed by atoms with van der Waals surface area (Å²) in [5.74, 6) is -0.174. The first-order valence-corrected chi connectivity index (χ1v) is 8.20. The summed E-state index contributed by atoms with van der Waals surface area (Å²) in [7, 11) is 0. The molecule has 1 unspecified atom stereocenters. The molecule has 0 aliphatic carbocycles. The van der Waals surface area contributed by atoms with E-state index in [0.29, 0.717) is 17.0 Å². The molecule has 2 aromatic carbocycles. The van der Waals surface area contributed by atoms with Crippen LogP contribution in [0.5, 0.6) is 0 Å². The number of benzene rings is 2. The fraction of sp³-hybridized carbons (Fsp3) is 0.294. The summed E-state index contributed by atoms with van der Waals surface area (Å²) in [6.07, 6.45) is 1.59. The molecule has 0 saturated heterocycles. The average Bonchev–Trinajstić information content (AvgIpc) is 2.48. The van der Waals surface area contributed by atoms with Gasteiger partial charge in [-0.15, -0.1) is 0 Å². The predicted molar refractivity (Wildman–Crippen MR) is 90.3 cm³/mol. The van der Waals surface area contributed by atoms with Gasteiger partial charge in [0, 0.05) is 15.5 Å². The zero-order chi connectivity index (χ0) is 15.2. The number of nitrogens with one attached hydrogen (secondary N) is 1. The first kappa shape index (κ1) is 16.5. The molecule has 2 aromatic rings. The molecule has 4 heteroatoms. The van der Waals surface area contributed by atoms with Crippen LogP contribution < -0.4 is 5.32 Å². The van der Waals surface area contributed by atoms with Crippen molar-refractivity contribution in [2.24, 2.45) is 0 Å². The second kappa shape index (κ2) is 7.92. The van der Waals surface area contributed by atoms with Gasteiger partial charge in [0.25, 0.3) is 0 Å². The lowest BCUT2D eigenvalue weighted by atomic mass is 9.98. The predicted octanol–water partition coefficient (Wildman–Crippen LogP) is 5.53. The van der Waals surface area contributed by atoms with E-state index in [4.69, 9.17) is 11.6 Å². The summed E-state index contributed by atoms with van der Waals surface area (Å²) >= 11 is 9.79. The highest BCUT2D eigenvalue weighted by molar-refractivity contribution is 9.10. The summed E-state index contributed by atoms with van der Waals surface area (Å²) in [5, 5.41) is 4.15. The molecule has 0 bridgehead atoms. The lowest BCUT2D eigenvalue weighted by Gasteiger charge is -2.21. The Bertz CT molecular complexity index is 603. The van der Waals surface area contributed by atoms with Crippen LogP contribution in [0.2, 0.25) is 5.02 Å². The highest BCUT2D eigenvalue weighted by atomic mass is 79.9. The van der Waals surface area contributed by atoms with Crippen LogP contribution in [-0.2, 0) is 6.42 Å². The highest BCUT2D eigenvalue weighted by Crippen LogP contribution is 2.29. The number of hydrogen-bond donors (Lipinski definition) is 1. The summed E-state index contributed by atoms with van der Waals surface area (Å²) in [5.41, 5.74) is 1.69. The minimum Gasteiger partial charge on any atom is -0.310 e. The van der Waals surface area contributed by atoms with Crippen LogP contribution >= 0.6 is 27.5 Å². The van der Waals surface area contributed by atoms with Gasteiger partial charge < -0.3 is 5.32 Å². The van der Waals surface area contributed by atoms with Gasteiger partial charge in [0.1, 0.15) is 5.82 Å². The second-order valence-electron chi connectivity index (χ2n) is 4.97.